The summed E-state index contributed by atoms with van der Waals surface area (Å²) in [5, 5.41) is 3.78. The number of benzene rings is 2. The highest BCUT2D eigenvalue weighted by atomic mass is 35.5. The molecule has 4 nitrogen and oxygen atoms in total. The highest BCUT2D eigenvalue weighted by Gasteiger charge is 2.28. The van der Waals surface area contributed by atoms with E-state index in [4.69, 9.17) is 11.6 Å². The van der Waals surface area contributed by atoms with Gasteiger partial charge in [0.05, 0.1) is 6.42 Å². The second-order valence-corrected chi connectivity index (χ2v) is 8.35. The molecule has 1 atom stereocenters. The van der Waals surface area contributed by atoms with E-state index in [2.05, 4.69) is 5.32 Å². The second-order valence-electron chi connectivity index (χ2n) is 7.92. The van der Waals surface area contributed by atoms with Crippen molar-refractivity contribution in [3.63, 3.8) is 0 Å². The molecule has 0 unspecified atom stereocenters. The second kappa shape index (κ2) is 9.93. The molecule has 1 fully saturated rings. The first-order valence-corrected chi connectivity index (χ1v) is 10.7. The zero-order valence-electron chi connectivity index (χ0n) is 17.2. The third kappa shape index (κ3) is 5.83. The van der Waals surface area contributed by atoms with Crippen molar-refractivity contribution in [2.24, 2.45) is 0 Å². The quantitative estimate of drug-likeness (QED) is 0.718. The molecule has 2 aromatic carbocycles. The molecule has 2 amide bonds. The van der Waals surface area contributed by atoms with Crippen LogP contribution in [0.25, 0.3) is 0 Å². The first kappa shape index (κ1) is 21.4. The molecular weight excluding hydrogens is 384 g/mol. The van der Waals surface area contributed by atoms with Crippen LogP contribution < -0.4 is 5.32 Å². The predicted molar refractivity (Wildman–Crippen MR) is 117 cm³/mol. The van der Waals surface area contributed by atoms with Crippen molar-refractivity contribution in [2.75, 3.05) is 0 Å². The Morgan fingerprint density at radius 3 is 2.41 bits per heavy atom. The molecule has 154 valence electrons. The maximum absolute atomic E-state index is 13.2. The van der Waals surface area contributed by atoms with Crippen LogP contribution in [0.4, 0.5) is 0 Å². The molecule has 1 N–H and O–H groups in total. The Morgan fingerprint density at radius 1 is 1.10 bits per heavy atom. The lowest BCUT2D eigenvalue weighted by atomic mass is 10.1. The lowest BCUT2D eigenvalue weighted by Crippen LogP contribution is -2.50. The number of hydrogen-bond acceptors (Lipinski definition) is 2. The van der Waals surface area contributed by atoms with E-state index in [0.29, 0.717) is 11.6 Å². The van der Waals surface area contributed by atoms with E-state index < -0.39 is 6.04 Å². The minimum Gasteiger partial charge on any atom is -0.352 e. The van der Waals surface area contributed by atoms with Gasteiger partial charge in [0.1, 0.15) is 6.04 Å². The van der Waals surface area contributed by atoms with Crippen molar-refractivity contribution in [1.82, 2.24) is 10.2 Å². The lowest BCUT2D eigenvalue weighted by molar-refractivity contribution is -0.140. The topological polar surface area (TPSA) is 49.4 Å². The van der Waals surface area contributed by atoms with Crippen molar-refractivity contribution in [3.8, 4) is 0 Å². The molecule has 3 rings (SSSR count). The van der Waals surface area contributed by atoms with Gasteiger partial charge in [-0.05, 0) is 55.5 Å². The summed E-state index contributed by atoms with van der Waals surface area (Å²) in [5.41, 5.74) is 3.05. The van der Waals surface area contributed by atoms with Gasteiger partial charge in [-0.15, -0.1) is 0 Å². The number of nitrogens with zero attached hydrogens (tertiary/aromatic N) is 1. The van der Waals surface area contributed by atoms with E-state index in [-0.39, 0.29) is 24.3 Å². The molecule has 5 heteroatoms. The first-order valence-electron chi connectivity index (χ1n) is 10.3. The molecule has 1 saturated carbocycles. The average Bonchev–Trinajstić information content (AvgIpc) is 3.21. The fourth-order valence-electron chi connectivity index (χ4n) is 3.82. The van der Waals surface area contributed by atoms with Gasteiger partial charge in [0.2, 0.25) is 11.8 Å². The van der Waals surface area contributed by atoms with Gasteiger partial charge >= 0.3 is 0 Å². The molecule has 0 bridgehead atoms. The zero-order chi connectivity index (χ0) is 20.8. The van der Waals surface area contributed by atoms with Crippen LogP contribution in [0.3, 0.4) is 0 Å². The Labute approximate surface area is 178 Å². The van der Waals surface area contributed by atoms with Gasteiger partial charge in [0, 0.05) is 17.6 Å². The molecule has 2 aromatic rings. The van der Waals surface area contributed by atoms with Crippen molar-refractivity contribution in [1.29, 1.82) is 0 Å². The zero-order valence-corrected chi connectivity index (χ0v) is 17.9. The molecule has 0 aliphatic heterocycles. The Kier molecular flexibility index (Phi) is 7.32. The number of nitrogens with one attached hydrogen (secondary N) is 1. The van der Waals surface area contributed by atoms with E-state index in [9.17, 15) is 9.59 Å². The molecule has 0 heterocycles. The SMILES string of the molecule is Cc1ccccc1CN(C(=O)Cc1ccc(Cl)cc1)[C@@H](C)C(=O)NC1CCCC1. The summed E-state index contributed by atoms with van der Waals surface area (Å²) >= 11 is 5.96. The molecular formula is C24H29ClN2O2. The summed E-state index contributed by atoms with van der Waals surface area (Å²) < 4.78 is 0. The molecule has 0 radical (unpaired) electrons. The third-order valence-electron chi connectivity index (χ3n) is 5.74. The van der Waals surface area contributed by atoms with Crippen LogP contribution in [0, 0.1) is 6.92 Å². The monoisotopic (exact) mass is 412 g/mol. The fourth-order valence-corrected chi connectivity index (χ4v) is 3.95. The van der Waals surface area contributed by atoms with Gasteiger partial charge in [-0.2, -0.15) is 0 Å². The van der Waals surface area contributed by atoms with Gasteiger partial charge in [-0.25, -0.2) is 0 Å². The van der Waals surface area contributed by atoms with Crippen molar-refractivity contribution >= 4 is 23.4 Å². The summed E-state index contributed by atoms with van der Waals surface area (Å²) in [7, 11) is 0. The van der Waals surface area contributed by atoms with Gasteiger partial charge in [-0.3, -0.25) is 9.59 Å². The largest absolute Gasteiger partial charge is 0.352 e. The van der Waals surface area contributed by atoms with E-state index in [0.717, 1.165) is 42.4 Å². The minimum absolute atomic E-state index is 0.0651. The van der Waals surface area contributed by atoms with Gasteiger partial charge < -0.3 is 10.2 Å². The highest BCUT2D eigenvalue weighted by Crippen LogP contribution is 2.20. The van der Waals surface area contributed by atoms with E-state index >= 15 is 0 Å². The smallest absolute Gasteiger partial charge is 0.242 e. The van der Waals surface area contributed by atoms with Crippen molar-refractivity contribution < 1.29 is 9.59 Å². The molecule has 1 aliphatic rings. The first-order chi connectivity index (χ1) is 13.9. The molecule has 0 aromatic heterocycles. The standard InChI is InChI=1S/C24H29ClN2O2/c1-17-7-3-4-8-20(17)16-27(18(2)24(29)26-22-9-5-6-10-22)23(28)15-19-11-13-21(25)14-12-19/h3-4,7-8,11-14,18,22H,5-6,9-10,15-16H2,1-2H3,(H,26,29)/t18-/m0/s1. The lowest BCUT2D eigenvalue weighted by Gasteiger charge is -2.30. The maximum atomic E-state index is 13.2. The van der Waals surface area contributed by atoms with Crippen LogP contribution in [0.2, 0.25) is 5.02 Å². The predicted octanol–water partition coefficient (Wildman–Crippen LogP) is 4.67. The van der Waals surface area contributed by atoms with Crippen LogP contribution in [0.5, 0.6) is 0 Å². The molecule has 1 aliphatic carbocycles. The summed E-state index contributed by atoms with van der Waals surface area (Å²) in [4.78, 5) is 27.8. The van der Waals surface area contributed by atoms with E-state index in [1.165, 1.54) is 0 Å². The number of amides is 2. The van der Waals surface area contributed by atoms with Crippen molar-refractivity contribution in [3.05, 3.63) is 70.2 Å². The van der Waals surface area contributed by atoms with Crippen LogP contribution in [-0.4, -0.2) is 28.8 Å². The summed E-state index contributed by atoms with van der Waals surface area (Å²) in [6, 6.07) is 15.0. The Morgan fingerprint density at radius 2 is 1.76 bits per heavy atom. The Balaban J connectivity index is 1.77. The third-order valence-corrected chi connectivity index (χ3v) is 5.99. The van der Waals surface area contributed by atoms with Crippen LogP contribution in [-0.2, 0) is 22.6 Å². The molecule has 0 spiro atoms. The number of rotatable bonds is 7. The summed E-state index contributed by atoms with van der Waals surface area (Å²) in [5.74, 6) is -0.139. The molecule has 29 heavy (non-hydrogen) atoms. The number of aryl methyl sites for hydroxylation is 1. The maximum Gasteiger partial charge on any atom is 0.242 e. The minimum atomic E-state index is -0.532. The highest BCUT2D eigenvalue weighted by molar-refractivity contribution is 6.30. The van der Waals surface area contributed by atoms with Crippen LogP contribution in [0.15, 0.2) is 48.5 Å². The fraction of sp³-hybridized carbons (Fsp3) is 0.417. The van der Waals surface area contributed by atoms with Gasteiger partial charge in [0.15, 0.2) is 0 Å². The normalized spacial score (nSPS) is 15.1. The van der Waals surface area contributed by atoms with E-state index in [1.54, 1.807) is 17.0 Å². The number of halogens is 1. The Hall–Kier alpha value is -2.33. The molecule has 0 saturated heterocycles. The van der Waals surface area contributed by atoms with Gasteiger partial charge in [-0.1, -0.05) is 60.8 Å². The summed E-state index contributed by atoms with van der Waals surface area (Å²) in [6.45, 7) is 4.26. The number of carbonyl (C=O) groups excluding carboxylic acids is 2. The van der Waals surface area contributed by atoms with Crippen LogP contribution >= 0.6 is 11.6 Å². The van der Waals surface area contributed by atoms with Crippen molar-refractivity contribution in [2.45, 2.75) is 64.6 Å². The number of carbonyl (C=O) groups is 2. The van der Waals surface area contributed by atoms with Crippen LogP contribution in [0.1, 0.15) is 49.3 Å². The summed E-state index contributed by atoms with van der Waals surface area (Å²) in [6.07, 6.45) is 4.59. The Bertz CT molecular complexity index is 844. The van der Waals surface area contributed by atoms with Gasteiger partial charge in [0.25, 0.3) is 0 Å². The van der Waals surface area contributed by atoms with E-state index in [1.807, 2.05) is 50.2 Å². The average molecular weight is 413 g/mol. The number of hydrogen-bond donors (Lipinski definition) is 1.